The van der Waals surface area contributed by atoms with Crippen LogP contribution in [0.15, 0.2) is 22.7 Å². The van der Waals surface area contributed by atoms with Gasteiger partial charge in [-0.15, -0.1) is 5.10 Å². The average molecular weight is 242 g/mol. The second-order valence-corrected chi connectivity index (χ2v) is 3.50. The van der Waals surface area contributed by atoms with Crippen molar-refractivity contribution in [3.05, 3.63) is 22.7 Å². The lowest BCUT2D eigenvalue weighted by molar-refractivity contribution is 0.270. The van der Waals surface area contributed by atoms with Gasteiger partial charge in [-0.2, -0.15) is 0 Å². The van der Waals surface area contributed by atoms with Gasteiger partial charge in [-0.05, 0) is 28.1 Å². The monoisotopic (exact) mass is 241 g/mol. The highest BCUT2D eigenvalue weighted by molar-refractivity contribution is 9.10. The molecule has 0 radical (unpaired) electrons. The van der Waals surface area contributed by atoms with Crippen molar-refractivity contribution in [2.45, 2.75) is 6.54 Å². The SMILES string of the molecule is OCCn1nnc2cccc(Br)c21. The van der Waals surface area contributed by atoms with E-state index in [1.807, 2.05) is 18.2 Å². The Balaban J connectivity index is 2.64. The summed E-state index contributed by atoms with van der Waals surface area (Å²) in [6, 6.07) is 5.73. The summed E-state index contributed by atoms with van der Waals surface area (Å²) in [5.41, 5.74) is 1.76. The molecule has 1 aromatic carbocycles. The molecule has 0 aliphatic carbocycles. The van der Waals surface area contributed by atoms with Gasteiger partial charge in [0.15, 0.2) is 0 Å². The number of benzene rings is 1. The highest BCUT2D eigenvalue weighted by atomic mass is 79.9. The zero-order chi connectivity index (χ0) is 9.26. The Labute approximate surface area is 83.3 Å². The Kier molecular flexibility index (Phi) is 2.28. The number of nitrogens with zero attached hydrogens (tertiary/aromatic N) is 3. The van der Waals surface area contributed by atoms with Gasteiger partial charge in [0.25, 0.3) is 0 Å². The molecule has 0 spiro atoms. The molecule has 5 heteroatoms. The standard InChI is InChI=1S/C8H8BrN3O/c9-6-2-1-3-7-8(6)12(4-5-13)11-10-7/h1-3,13H,4-5H2. The van der Waals surface area contributed by atoms with Crippen LogP contribution in [0.5, 0.6) is 0 Å². The summed E-state index contributed by atoms with van der Waals surface area (Å²) in [4.78, 5) is 0. The third-order valence-corrected chi connectivity index (χ3v) is 2.44. The van der Waals surface area contributed by atoms with E-state index >= 15 is 0 Å². The van der Waals surface area contributed by atoms with Crippen molar-refractivity contribution in [3.8, 4) is 0 Å². The summed E-state index contributed by atoms with van der Waals surface area (Å²) < 4.78 is 2.63. The van der Waals surface area contributed by atoms with E-state index in [-0.39, 0.29) is 6.61 Å². The molecule has 0 atom stereocenters. The molecule has 2 aromatic rings. The van der Waals surface area contributed by atoms with Crippen LogP contribution in [0.1, 0.15) is 0 Å². The Morgan fingerprint density at radius 1 is 1.46 bits per heavy atom. The number of halogens is 1. The van der Waals surface area contributed by atoms with E-state index in [0.29, 0.717) is 6.54 Å². The van der Waals surface area contributed by atoms with Crippen LogP contribution in [0, 0.1) is 0 Å². The van der Waals surface area contributed by atoms with Gasteiger partial charge < -0.3 is 5.11 Å². The summed E-state index contributed by atoms with van der Waals surface area (Å²) in [6.07, 6.45) is 0. The van der Waals surface area contributed by atoms with E-state index in [1.54, 1.807) is 4.68 Å². The smallest absolute Gasteiger partial charge is 0.114 e. The second-order valence-electron chi connectivity index (χ2n) is 2.64. The first kappa shape index (κ1) is 8.65. The number of aromatic nitrogens is 3. The van der Waals surface area contributed by atoms with Gasteiger partial charge in [0.05, 0.1) is 13.2 Å². The topological polar surface area (TPSA) is 50.9 Å². The predicted octanol–water partition coefficient (Wildman–Crippen LogP) is 1.19. The molecule has 0 saturated carbocycles. The minimum atomic E-state index is 0.0692. The highest BCUT2D eigenvalue weighted by Crippen LogP contribution is 2.21. The van der Waals surface area contributed by atoms with Gasteiger partial charge in [-0.1, -0.05) is 11.3 Å². The number of aliphatic hydroxyl groups is 1. The predicted molar refractivity (Wildman–Crippen MR) is 52.3 cm³/mol. The number of rotatable bonds is 2. The van der Waals surface area contributed by atoms with Gasteiger partial charge in [-0.3, -0.25) is 0 Å². The van der Waals surface area contributed by atoms with Crippen molar-refractivity contribution in [1.29, 1.82) is 0 Å². The summed E-state index contributed by atoms with van der Waals surface area (Å²) in [5, 5.41) is 16.7. The van der Waals surface area contributed by atoms with Gasteiger partial charge in [0.1, 0.15) is 11.0 Å². The largest absolute Gasteiger partial charge is 0.394 e. The normalized spacial score (nSPS) is 10.9. The quantitative estimate of drug-likeness (QED) is 0.860. The molecule has 0 fully saturated rings. The zero-order valence-electron chi connectivity index (χ0n) is 6.81. The molecule has 1 aromatic heterocycles. The van der Waals surface area contributed by atoms with Crippen molar-refractivity contribution in [1.82, 2.24) is 15.0 Å². The fourth-order valence-corrected chi connectivity index (χ4v) is 1.80. The lowest BCUT2D eigenvalue weighted by Gasteiger charge is -1.99. The summed E-state index contributed by atoms with van der Waals surface area (Å²) in [7, 11) is 0. The average Bonchev–Trinajstić information content (AvgIpc) is 2.51. The van der Waals surface area contributed by atoms with Crippen LogP contribution in [0.4, 0.5) is 0 Å². The molecule has 0 aliphatic rings. The summed E-state index contributed by atoms with van der Waals surface area (Å²) >= 11 is 3.41. The van der Waals surface area contributed by atoms with Crippen molar-refractivity contribution in [2.75, 3.05) is 6.61 Å². The third-order valence-electron chi connectivity index (χ3n) is 1.80. The molecule has 68 valence electrons. The fourth-order valence-electron chi connectivity index (χ4n) is 1.24. The second kappa shape index (κ2) is 3.43. The minimum Gasteiger partial charge on any atom is -0.394 e. The van der Waals surface area contributed by atoms with E-state index in [4.69, 9.17) is 5.11 Å². The van der Waals surface area contributed by atoms with Crippen molar-refractivity contribution in [2.24, 2.45) is 0 Å². The van der Waals surface area contributed by atoms with Crippen LogP contribution >= 0.6 is 15.9 Å². The first-order valence-corrected chi connectivity index (χ1v) is 4.71. The molecule has 0 bridgehead atoms. The number of para-hydroxylation sites is 1. The maximum absolute atomic E-state index is 8.78. The first-order chi connectivity index (χ1) is 6.33. The summed E-state index contributed by atoms with van der Waals surface area (Å²) in [5.74, 6) is 0. The third kappa shape index (κ3) is 1.45. The van der Waals surface area contributed by atoms with Crippen molar-refractivity contribution in [3.63, 3.8) is 0 Å². The molecule has 1 N–H and O–H groups in total. The van der Waals surface area contributed by atoms with Crippen molar-refractivity contribution < 1.29 is 5.11 Å². The van der Waals surface area contributed by atoms with Crippen molar-refractivity contribution >= 4 is 27.0 Å². The maximum Gasteiger partial charge on any atom is 0.114 e. The summed E-state index contributed by atoms with van der Waals surface area (Å²) in [6.45, 7) is 0.541. The number of aliphatic hydroxyl groups excluding tert-OH is 1. The van der Waals surface area contributed by atoms with E-state index in [9.17, 15) is 0 Å². The zero-order valence-corrected chi connectivity index (χ0v) is 8.40. The Bertz CT molecular complexity index is 426. The lowest BCUT2D eigenvalue weighted by atomic mass is 10.3. The Morgan fingerprint density at radius 3 is 3.08 bits per heavy atom. The Hall–Kier alpha value is -0.940. The van der Waals surface area contributed by atoms with Crippen LogP contribution in [0.3, 0.4) is 0 Å². The molecule has 4 nitrogen and oxygen atoms in total. The molecule has 0 amide bonds. The van der Waals surface area contributed by atoms with E-state index in [1.165, 1.54) is 0 Å². The van der Waals surface area contributed by atoms with Crippen LogP contribution < -0.4 is 0 Å². The van der Waals surface area contributed by atoms with Crippen LogP contribution in [-0.4, -0.2) is 26.7 Å². The van der Waals surface area contributed by atoms with Gasteiger partial charge >= 0.3 is 0 Å². The minimum absolute atomic E-state index is 0.0692. The van der Waals surface area contributed by atoms with E-state index in [2.05, 4.69) is 26.2 Å². The first-order valence-electron chi connectivity index (χ1n) is 3.91. The Morgan fingerprint density at radius 2 is 2.31 bits per heavy atom. The fraction of sp³-hybridized carbons (Fsp3) is 0.250. The van der Waals surface area contributed by atoms with Crippen LogP contribution in [0.25, 0.3) is 11.0 Å². The molecule has 2 rings (SSSR count). The number of hydrogen-bond acceptors (Lipinski definition) is 3. The molecule has 13 heavy (non-hydrogen) atoms. The molecular formula is C8H8BrN3O. The highest BCUT2D eigenvalue weighted by Gasteiger charge is 2.06. The van der Waals surface area contributed by atoms with Crippen LogP contribution in [-0.2, 0) is 6.54 Å². The molecule has 0 unspecified atom stereocenters. The number of hydrogen-bond donors (Lipinski definition) is 1. The van der Waals surface area contributed by atoms with Crippen LogP contribution in [0.2, 0.25) is 0 Å². The molecule has 0 aliphatic heterocycles. The molecule has 1 heterocycles. The lowest BCUT2D eigenvalue weighted by Crippen LogP contribution is -2.03. The van der Waals surface area contributed by atoms with E-state index < -0.39 is 0 Å². The van der Waals surface area contributed by atoms with Gasteiger partial charge in [0, 0.05) is 4.47 Å². The van der Waals surface area contributed by atoms with E-state index in [0.717, 1.165) is 15.5 Å². The molecule has 0 saturated heterocycles. The molecular weight excluding hydrogens is 234 g/mol. The maximum atomic E-state index is 8.78. The van der Waals surface area contributed by atoms with Gasteiger partial charge in [-0.25, -0.2) is 4.68 Å². The van der Waals surface area contributed by atoms with Gasteiger partial charge in [0.2, 0.25) is 0 Å². The number of fused-ring (bicyclic) bond motifs is 1.